The molecule has 0 aliphatic rings. The summed E-state index contributed by atoms with van der Waals surface area (Å²) >= 11 is 6.89. The Balaban J connectivity index is 1.78. The summed E-state index contributed by atoms with van der Waals surface area (Å²) in [6, 6.07) is 8.82. The predicted molar refractivity (Wildman–Crippen MR) is 145 cm³/mol. The molecule has 0 saturated heterocycles. The first-order valence-electron chi connectivity index (χ1n) is 11.6. The van der Waals surface area contributed by atoms with E-state index in [0.29, 0.717) is 38.4 Å². The van der Waals surface area contributed by atoms with Crippen LogP contribution in [0.3, 0.4) is 0 Å². The highest BCUT2D eigenvalue weighted by molar-refractivity contribution is 7.91. The maximum absolute atomic E-state index is 13.3. The molecule has 2 aromatic carbocycles. The summed E-state index contributed by atoms with van der Waals surface area (Å²) in [4.78, 5) is 28.7. The summed E-state index contributed by atoms with van der Waals surface area (Å²) in [6.07, 6.45) is -5.47. The lowest BCUT2D eigenvalue weighted by molar-refractivity contribution is -0.202. The summed E-state index contributed by atoms with van der Waals surface area (Å²) in [5, 5.41) is 4.28. The molecule has 1 atom stereocenters. The van der Waals surface area contributed by atoms with Crippen LogP contribution in [0.2, 0.25) is 5.02 Å². The average molecular weight is 637 g/mol. The van der Waals surface area contributed by atoms with Crippen LogP contribution in [0.1, 0.15) is 17.5 Å². The molecular formula is C24H24ClF3N4O7S2. The van der Waals surface area contributed by atoms with Crippen molar-refractivity contribution >= 4 is 60.9 Å². The van der Waals surface area contributed by atoms with Gasteiger partial charge in [0.05, 0.1) is 6.61 Å². The minimum Gasteiger partial charge on any atom is -0.493 e. The number of benzene rings is 2. The number of hydrogen-bond donors (Lipinski definition) is 3. The smallest absolute Gasteiger partial charge is 0.491 e. The molecule has 3 rings (SSSR count). The summed E-state index contributed by atoms with van der Waals surface area (Å²) in [6.45, 7) is 1.94. The van der Waals surface area contributed by atoms with Gasteiger partial charge in [0.25, 0.3) is 10.0 Å². The Hall–Kier alpha value is -3.60. The maximum atomic E-state index is 13.3. The van der Waals surface area contributed by atoms with E-state index < -0.39 is 40.6 Å². The molecule has 1 aromatic heterocycles. The topological polar surface area (TPSA) is 172 Å². The average Bonchev–Trinajstić information content (AvgIpc) is 3.22. The minimum absolute atomic E-state index is 0.178. The first kappa shape index (κ1) is 31.9. The van der Waals surface area contributed by atoms with Crippen molar-refractivity contribution in [2.45, 2.75) is 36.2 Å². The molecule has 1 heterocycles. The lowest BCUT2D eigenvalue weighted by Gasteiger charge is -2.18. The quantitative estimate of drug-likeness (QED) is 0.0673. The zero-order valence-corrected chi connectivity index (χ0v) is 23.6. The number of thiophene rings is 1. The Labute approximate surface area is 241 Å². The minimum atomic E-state index is -5.46. The third-order valence-electron chi connectivity index (χ3n) is 5.29. The highest BCUT2D eigenvalue weighted by Gasteiger charge is 2.44. The van der Waals surface area contributed by atoms with E-state index in [2.05, 4.69) is 14.6 Å². The van der Waals surface area contributed by atoms with E-state index in [9.17, 15) is 31.2 Å². The number of sulfonamides is 1. The molecule has 0 aliphatic carbocycles. The van der Waals surface area contributed by atoms with Gasteiger partial charge < -0.3 is 25.8 Å². The standard InChI is InChI=1S/C24H24ClF3N4O7S2/c1-13-17-12-15(25)5-8-19(17)40-21(13)41(35,36)32-18(20(33)39-22(34)24(26,27)28)11-14-3-6-16(7-4-14)37-9-2-10-38-31-23(29)30/h3-8,12,18,32H,2,9-11H2,1H3,(H4,29,30,31)/t18-/m0/s1. The van der Waals surface area contributed by atoms with Crippen molar-refractivity contribution in [3.8, 4) is 5.75 Å². The molecular weight excluding hydrogens is 613 g/mol. The van der Waals surface area contributed by atoms with Crippen LogP contribution in [0.5, 0.6) is 5.75 Å². The molecule has 0 radical (unpaired) electrons. The van der Waals surface area contributed by atoms with E-state index in [-0.39, 0.29) is 23.4 Å². The number of esters is 2. The van der Waals surface area contributed by atoms with E-state index in [1.165, 1.54) is 31.2 Å². The Bertz CT molecular complexity index is 1540. The number of fused-ring (bicyclic) bond motifs is 1. The Morgan fingerprint density at radius 3 is 2.44 bits per heavy atom. The second-order valence-corrected chi connectivity index (χ2v) is 11.8. The van der Waals surface area contributed by atoms with Crippen LogP contribution in [0, 0.1) is 6.92 Å². The Morgan fingerprint density at radius 1 is 1.12 bits per heavy atom. The molecule has 5 N–H and O–H groups in total. The molecule has 222 valence electrons. The predicted octanol–water partition coefficient (Wildman–Crippen LogP) is 3.36. The van der Waals surface area contributed by atoms with E-state index in [1.54, 1.807) is 18.2 Å². The Kier molecular flexibility index (Phi) is 10.4. The number of alkyl halides is 3. The molecule has 11 nitrogen and oxygen atoms in total. The summed E-state index contributed by atoms with van der Waals surface area (Å²) in [5.41, 5.74) is 10.9. The van der Waals surface area contributed by atoms with Gasteiger partial charge in [-0.3, -0.25) is 0 Å². The van der Waals surface area contributed by atoms with E-state index in [1.807, 2.05) is 0 Å². The van der Waals surface area contributed by atoms with E-state index >= 15 is 0 Å². The fraction of sp³-hybridized carbons (Fsp3) is 0.292. The van der Waals surface area contributed by atoms with Gasteiger partial charge in [0, 0.05) is 16.1 Å². The van der Waals surface area contributed by atoms with Gasteiger partial charge in [-0.05, 0) is 65.3 Å². The van der Waals surface area contributed by atoms with Crippen LogP contribution >= 0.6 is 22.9 Å². The van der Waals surface area contributed by atoms with Gasteiger partial charge in [-0.25, -0.2) is 18.0 Å². The van der Waals surface area contributed by atoms with Gasteiger partial charge >= 0.3 is 18.1 Å². The van der Waals surface area contributed by atoms with Crippen molar-refractivity contribution in [1.29, 1.82) is 0 Å². The molecule has 3 aromatic rings. The van der Waals surface area contributed by atoms with Crippen LogP contribution in [0.4, 0.5) is 13.2 Å². The highest BCUT2D eigenvalue weighted by atomic mass is 35.5. The van der Waals surface area contributed by atoms with Gasteiger partial charge in [-0.15, -0.1) is 11.3 Å². The van der Waals surface area contributed by atoms with Crippen LogP contribution in [0.25, 0.3) is 10.1 Å². The lowest BCUT2D eigenvalue weighted by atomic mass is 10.1. The number of hydrogen-bond acceptors (Lipinski definition) is 9. The molecule has 0 amide bonds. The molecule has 0 bridgehead atoms. The van der Waals surface area contributed by atoms with Crippen molar-refractivity contribution in [3.05, 3.63) is 58.6 Å². The monoisotopic (exact) mass is 636 g/mol. The largest absolute Gasteiger partial charge is 0.493 e. The molecule has 0 saturated carbocycles. The Morgan fingerprint density at radius 2 is 1.80 bits per heavy atom. The molecule has 0 spiro atoms. The van der Waals surface area contributed by atoms with Crippen molar-refractivity contribution in [2.24, 2.45) is 16.6 Å². The molecule has 17 heteroatoms. The normalized spacial score (nSPS) is 12.5. The third-order valence-corrected chi connectivity index (χ3v) is 8.89. The van der Waals surface area contributed by atoms with Crippen molar-refractivity contribution in [2.75, 3.05) is 13.2 Å². The van der Waals surface area contributed by atoms with Gasteiger partial charge in [0.15, 0.2) is 0 Å². The fourth-order valence-corrected chi connectivity index (χ4v) is 6.57. The van der Waals surface area contributed by atoms with E-state index in [0.717, 1.165) is 11.3 Å². The van der Waals surface area contributed by atoms with Crippen LogP contribution in [0.15, 0.2) is 51.8 Å². The second kappa shape index (κ2) is 13.4. The molecule has 0 unspecified atom stereocenters. The number of nitrogens with two attached hydrogens (primary N) is 2. The lowest BCUT2D eigenvalue weighted by Crippen LogP contribution is -2.45. The summed E-state index contributed by atoms with van der Waals surface area (Å²) in [5.74, 6) is -4.31. The number of rotatable bonds is 12. The maximum Gasteiger partial charge on any atom is 0.491 e. The number of halogens is 4. The number of carbonyl (C=O) groups excluding carboxylic acids is 2. The van der Waals surface area contributed by atoms with Crippen LogP contribution < -0.4 is 20.9 Å². The number of carbonyl (C=O) groups is 2. The first-order valence-corrected chi connectivity index (χ1v) is 14.3. The molecule has 0 aliphatic heterocycles. The van der Waals surface area contributed by atoms with Gasteiger partial charge in [-0.2, -0.15) is 17.9 Å². The van der Waals surface area contributed by atoms with Crippen molar-refractivity contribution in [3.63, 3.8) is 0 Å². The number of ether oxygens (including phenoxy) is 2. The van der Waals surface area contributed by atoms with E-state index in [4.69, 9.17) is 32.6 Å². The van der Waals surface area contributed by atoms with Crippen LogP contribution in [-0.4, -0.2) is 51.7 Å². The number of aryl methyl sites for hydroxylation is 1. The number of nitrogens with zero attached hydrogens (tertiary/aromatic N) is 1. The number of oxime groups is 1. The highest BCUT2D eigenvalue weighted by Crippen LogP contribution is 2.35. The molecule has 0 fully saturated rings. The fourth-order valence-electron chi connectivity index (χ4n) is 3.45. The van der Waals surface area contributed by atoms with Gasteiger partial charge in [-0.1, -0.05) is 23.7 Å². The number of nitrogens with one attached hydrogen (secondary N) is 1. The molecule has 41 heavy (non-hydrogen) atoms. The van der Waals surface area contributed by atoms with Crippen molar-refractivity contribution < 1.29 is 45.5 Å². The van der Waals surface area contributed by atoms with Gasteiger partial charge in [0.2, 0.25) is 5.96 Å². The first-order chi connectivity index (χ1) is 19.2. The van der Waals surface area contributed by atoms with Crippen LogP contribution in [-0.2, 0) is 35.6 Å². The third kappa shape index (κ3) is 8.94. The SMILES string of the molecule is Cc1c(S(=O)(=O)N[C@@H](Cc2ccc(OCCCON=C(N)N)cc2)C(=O)OC(=O)C(F)(F)F)sc2ccc(Cl)cc12. The van der Waals surface area contributed by atoms with Gasteiger partial charge in [0.1, 0.15) is 22.6 Å². The summed E-state index contributed by atoms with van der Waals surface area (Å²) < 4.78 is 76.8. The summed E-state index contributed by atoms with van der Waals surface area (Å²) in [7, 11) is -4.46. The second-order valence-electron chi connectivity index (χ2n) is 8.43. The zero-order valence-electron chi connectivity index (χ0n) is 21.2. The number of guanidine groups is 1. The van der Waals surface area contributed by atoms with Crippen molar-refractivity contribution in [1.82, 2.24) is 4.72 Å². The zero-order chi connectivity index (χ0) is 30.4.